The smallest absolute Gasteiger partial charge is 0.326 e. The van der Waals surface area contributed by atoms with E-state index >= 15 is 0 Å². The highest BCUT2D eigenvalue weighted by Gasteiger charge is 2.31. The average Bonchev–Trinajstić information content (AvgIpc) is 3.27. The number of hydrogen-bond acceptors (Lipinski definition) is 7. The Hall–Kier alpha value is -3.58. The van der Waals surface area contributed by atoms with Crippen LogP contribution < -0.4 is 27.4 Å². The first-order valence-electron chi connectivity index (χ1n) is 12.6. The zero-order valence-electron chi connectivity index (χ0n) is 22.4. The summed E-state index contributed by atoms with van der Waals surface area (Å²) in [7, 11) is 0. The maximum Gasteiger partial charge on any atom is 0.326 e. The minimum atomic E-state index is -1.38. The topological polar surface area (TPSA) is 209 Å². The number of benzene rings is 1. The second kappa shape index (κ2) is 15.1. The summed E-state index contributed by atoms with van der Waals surface area (Å²) < 4.78 is 0. The lowest BCUT2D eigenvalue weighted by Crippen LogP contribution is -2.58. The number of carbonyl (C=O) groups is 5. The highest BCUT2D eigenvalue weighted by molar-refractivity contribution is 7.98. The van der Waals surface area contributed by atoms with Crippen molar-refractivity contribution in [3.05, 3.63) is 36.0 Å². The Morgan fingerprint density at radius 1 is 0.974 bits per heavy atom. The molecule has 4 atom stereocenters. The molecule has 1 heterocycles. The number of primary amides is 1. The predicted octanol–water partition coefficient (Wildman–Crippen LogP) is 0.251. The van der Waals surface area contributed by atoms with Crippen molar-refractivity contribution in [2.45, 2.75) is 63.7 Å². The largest absolute Gasteiger partial charge is 0.480 e. The van der Waals surface area contributed by atoms with E-state index in [1.165, 1.54) is 11.8 Å². The van der Waals surface area contributed by atoms with Crippen LogP contribution in [-0.2, 0) is 30.4 Å². The molecule has 0 bridgehead atoms. The number of thioether (sulfide) groups is 1. The molecule has 0 radical (unpaired) electrons. The first-order chi connectivity index (χ1) is 18.4. The lowest BCUT2D eigenvalue weighted by molar-refractivity contribution is -0.142. The zero-order chi connectivity index (χ0) is 29.1. The van der Waals surface area contributed by atoms with Gasteiger partial charge in [-0.2, -0.15) is 11.8 Å². The third-order valence-electron chi connectivity index (χ3n) is 6.06. The van der Waals surface area contributed by atoms with Crippen LogP contribution in [0.2, 0.25) is 0 Å². The normalized spacial score (nSPS) is 14.3. The number of aromatic amines is 1. The molecule has 1 aromatic heterocycles. The summed E-state index contributed by atoms with van der Waals surface area (Å²) in [5.74, 6) is -3.70. The molecule has 4 amide bonds. The molecule has 1 aromatic carbocycles. The number of fused-ring (bicyclic) bond motifs is 1. The summed E-state index contributed by atoms with van der Waals surface area (Å²) in [4.78, 5) is 65.4. The van der Waals surface area contributed by atoms with Crippen molar-refractivity contribution in [2.24, 2.45) is 17.4 Å². The van der Waals surface area contributed by atoms with Crippen LogP contribution in [0.4, 0.5) is 0 Å². The molecule has 0 fully saturated rings. The van der Waals surface area contributed by atoms with Gasteiger partial charge in [-0.1, -0.05) is 32.0 Å². The number of carbonyl (C=O) groups excluding carboxylic acids is 4. The van der Waals surface area contributed by atoms with E-state index in [-0.39, 0.29) is 25.2 Å². The van der Waals surface area contributed by atoms with Crippen LogP contribution in [0.5, 0.6) is 0 Å². The fourth-order valence-electron chi connectivity index (χ4n) is 4.06. The maximum atomic E-state index is 13.1. The van der Waals surface area contributed by atoms with Gasteiger partial charge < -0.3 is 37.5 Å². The number of H-pyrrole nitrogens is 1. The molecule has 2 aromatic rings. The van der Waals surface area contributed by atoms with Crippen molar-refractivity contribution in [3.63, 3.8) is 0 Å². The number of hydrogen-bond donors (Lipinski definition) is 7. The van der Waals surface area contributed by atoms with E-state index in [0.717, 1.165) is 16.5 Å². The lowest BCUT2D eigenvalue weighted by Gasteiger charge is -2.25. The Labute approximate surface area is 231 Å². The molecule has 0 aliphatic heterocycles. The van der Waals surface area contributed by atoms with Gasteiger partial charge in [-0.3, -0.25) is 19.2 Å². The Morgan fingerprint density at radius 2 is 1.59 bits per heavy atom. The number of nitrogens with one attached hydrogen (secondary N) is 4. The first-order valence-corrected chi connectivity index (χ1v) is 14.0. The molecule has 0 spiro atoms. The molecule has 214 valence electrons. The van der Waals surface area contributed by atoms with Gasteiger partial charge >= 0.3 is 5.97 Å². The van der Waals surface area contributed by atoms with Gasteiger partial charge in [0.05, 0.1) is 12.5 Å². The van der Waals surface area contributed by atoms with Crippen molar-refractivity contribution < 1.29 is 29.1 Å². The molecule has 0 saturated heterocycles. The first kappa shape index (κ1) is 31.6. The van der Waals surface area contributed by atoms with Crippen LogP contribution in [0.1, 0.15) is 38.7 Å². The third-order valence-corrected chi connectivity index (χ3v) is 6.70. The Balaban J connectivity index is 2.12. The van der Waals surface area contributed by atoms with Crippen LogP contribution in [0.25, 0.3) is 10.9 Å². The van der Waals surface area contributed by atoms with E-state index in [4.69, 9.17) is 11.5 Å². The molecule has 0 saturated carbocycles. The molecule has 12 nitrogen and oxygen atoms in total. The van der Waals surface area contributed by atoms with Gasteiger partial charge in [0.1, 0.15) is 18.1 Å². The van der Waals surface area contributed by atoms with Gasteiger partial charge in [0.25, 0.3) is 0 Å². The van der Waals surface area contributed by atoms with E-state index in [1.807, 2.05) is 44.4 Å². The number of rotatable bonds is 16. The summed E-state index contributed by atoms with van der Waals surface area (Å²) in [6.07, 6.45) is 3.64. The highest BCUT2D eigenvalue weighted by atomic mass is 32.2. The number of aromatic nitrogens is 1. The maximum absolute atomic E-state index is 13.1. The number of carboxylic acid groups (broad SMARTS) is 1. The summed E-state index contributed by atoms with van der Waals surface area (Å²) in [5.41, 5.74) is 13.1. The van der Waals surface area contributed by atoms with E-state index in [0.29, 0.717) is 5.75 Å². The summed E-state index contributed by atoms with van der Waals surface area (Å²) in [6.45, 7) is 3.67. The van der Waals surface area contributed by atoms with Crippen LogP contribution in [0.3, 0.4) is 0 Å². The van der Waals surface area contributed by atoms with E-state index in [2.05, 4.69) is 20.9 Å². The van der Waals surface area contributed by atoms with E-state index < -0.39 is 60.2 Å². The Kier molecular flexibility index (Phi) is 12.3. The van der Waals surface area contributed by atoms with Gasteiger partial charge in [-0.15, -0.1) is 0 Å². The second-order valence-corrected chi connectivity index (χ2v) is 10.8. The van der Waals surface area contributed by atoms with Crippen LogP contribution >= 0.6 is 11.8 Å². The Morgan fingerprint density at radius 3 is 2.21 bits per heavy atom. The fraction of sp³-hybridized carbons (Fsp3) is 0.500. The van der Waals surface area contributed by atoms with E-state index in [9.17, 15) is 29.1 Å². The number of para-hydroxylation sites is 1. The number of nitrogens with two attached hydrogens (primary N) is 2. The molecular formula is C26H38N6O6S. The molecule has 2 rings (SSSR count). The number of amides is 4. The standard InChI is InChI=1S/C26H38N6O6S/c1-14(2)10-20(24(35)30-19(26(37)38)8-9-39-3)32-25(36)21(12-22(28)33)31-23(34)17(27)11-15-13-29-18-7-5-4-6-16(15)18/h4-7,13-14,17,19-21,29H,8-12,27H2,1-3H3,(H2,28,33)(H,30,35)(H,31,34)(H,32,36)(H,37,38). The minimum Gasteiger partial charge on any atom is -0.480 e. The quantitative estimate of drug-likeness (QED) is 0.150. The Bertz CT molecular complexity index is 1170. The fourth-order valence-corrected chi connectivity index (χ4v) is 4.53. The third kappa shape index (κ3) is 9.91. The average molecular weight is 563 g/mol. The lowest BCUT2D eigenvalue weighted by atomic mass is 10.0. The molecule has 13 heteroatoms. The van der Waals surface area contributed by atoms with Crippen LogP contribution in [0.15, 0.2) is 30.5 Å². The van der Waals surface area contributed by atoms with Gasteiger partial charge in [-0.05, 0) is 48.8 Å². The molecule has 9 N–H and O–H groups in total. The van der Waals surface area contributed by atoms with E-state index in [1.54, 1.807) is 6.20 Å². The minimum absolute atomic E-state index is 0.0377. The monoisotopic (exact) mass is 562 g/mol. The van der Waals surface area contributed by atoms with Crippen LogP contribution in [-0.4, -0.2) is 75.9 Å². The van der Waals surface area contributed by atoms with Gasteiger partial charge in [-0.25, -0.2) is 4.79 Å². The molecule has 0 aliphatic rings. The molecule has 39 heavy (non-hydrogen) atoms. The molecule has 4 unspecified atom stereocenters. The zero-order valence-corrected chi connectivity index (χ0v) is 23.2. The van der Waals surface area contributed by atoms with Crippen molar-refractivity contribution in [1.29, 1.82) is 0 Å². The van der Waals surface area contributed by atoms with Crippen molar-refractivity contribution in [2.75, 3.05) is 12.0 Å². The van der Waals surface area contributed by atoms with Crippen molar-refractivity contribution in [1.82, 2.24) is 20.9 Å². The van der Waals surface area contributed by atoms with Gasteiger partial charge in [0.2, 0.25) is 23.6 Å². The highest BCUT2D eigenvalue weighted by Crippen LogP contribution is 2.19. The molecule has 0 aliphatic carbocycles. The summed E-state index contributed by atoms with van der Waals surface area (Å²) in [5, 5.41) is 17.9. The second-order valence-electron chi connectivity index (χ2n) is 9.77. The summed E-state index contributed by atoms with van der Waals surface area (Å²) >= 11 is 1.44. The predicted molar refractivity (Wildman–Crippen MR) is 150 cm³/mol. The molecular weight excluding hydrogens is 524 g/mol. The van der Waals surface area contributed by atoms with Crippen LogP contribution in [0, 0.1) is 5.92 Å². The number of aliphatic carboxylic acids is 1. The van der Waals surface area contributed by atoms with Gasteiger partial charge in [0, 0.05) is 17.1 Å². The van der Waals surface area contributed by atoms with Crippen molar-refractivity contribution >= 4 is 52.3 Å². The van der Waals surface area contributed by atoms with Crippen molar-refractivity contribution in [3.8, 4) is 0 Å². The van der Waals surface area contributed by atoms with Gasteiger partial charge in [0.15, 0.2) is 0 Å². The number of carboxylic acids is 1. The summed E-state index contributed by atoms with van der Waals surface area (Å²) in [6, 6.07) is 2.90. The SMILES string of the molecule is CSCCC(NC(=O)C(CC(C)C)NC(=O)C(CC(N)=O)NC(=O)C(N)Cc1c[nH]c2ccccc12)C(=O)O.